The Labute approximate surface area is 236 Å². The number of para-hydroxylation sites is 1. The molecule has 0 bridgehead atoms. The van der Waals surface area contributed by atoms with Gasteiger partial charge in [0.15, 0.2) is 11.5 Å². The second-order valence-corrected chi connectivity index (χ2v) is 10.6. The number of aromatic amines is 1. The summed E-state index contributed by atoms with van der Waals surface area (Å²) in [5.74, 6) is 0.00776. The van der Waals surface area contributed by atoms with E-state index in [1.807, 2.05) is 31.2 Å². The third-order valence-electron chi connectivity index (χ3n) is 7.18. The predicted molar refractivity (Wildman–Crippen MR) is 152 cm³/mol. The van der Waals surface area contributed by atoms with Gasteiger partial charge in [0.1, 0.15) is 35.3 Å². The number of aliphatic hydroxyl groups excluding tert-OH is 2. The molecule has 2 aromatic heterocycles. The topological polar surface area (TPSA) is 152 Å². The number of H-pyrrole nitrogens is 1. The molecule has 0 spiro atoms. The normalized spacial score (nSPS) is 22.1. The zero-order valence-electron chi connectivity index (χ0n) is 23.5. The first-order chi connectivity index (χ1) is 19.5. The number of nitrogens with one attached hydrogen (secondary N) is 2. The zero-order chi connectivity index (χ0) is 29.5. The molecule has 3 heterocycles. The third-order valence-corrected chi connectivity index (χ3v) is 7.18. The molecule has 1 amide bonds. The lowest BCUT2D eigenvalue weighted by Gasteiger charge is -2.46. The molecule has 41 heavy (non-hydrogen) atoms. The van der Waals surface area contributed by atoms with Crippen molar-refractivity contribution in [2.75, 3.05) is 19.0 Å². The van der Waals surface area contributed by atoms with Gasteiger partial charge < -0.3 is 43.9 Å². The number of carbonyl (C=O) groups excluding carboxylic acids is 1. The molecule has 0 saturated carbocycles. The number of carbonyl (C=O) groups is 1. The summed E-state index contributed by atoms with van der Waals surface area (Å²) in [5, 5.41) is 25.4. The van der Waals surface area contributed by atoms with E-state index in [2.05, 4.69) is 10.3 Å². The Balaban J connectivity index is 1.49. The van der Waals surface area contributed by atoms with Crippen LogP contribution >= 0.6 is 0 Å². The molecule has 11 heteroatoms. The predicted octanol–water partition coefficient (Wildman–Crippen LogP) is 3.87. The van der Waals surface area contributed by atoms with Gasteiger partial charge in [0.05, 0.1) is 12.2 Å². The number of aliphatic hydroxyl groups is 2. The molecular weight excluding hydrogens is 532 g/mol. The molecule has 1 aliphatic heterocycles. The Hall–Kier alpha value is -3.90. The summed E-state index contributed by atoms with van der Waals surface area (Å²) in [5.41, 5.74) is -0.0793. The first-order valence-corrected chi connectivity index (χ1v) is 13.4. The van der Waals surface area contributed by atoms with Gasteiger partial charge in [0.2, 0.25) is 6.29 Å². The van der Waals surface area contributed by atoms with E-state index in [0.29, 0.717) is 35.4 Å². The van der Waals surface area contributed by atoms with Gasteiger partial charge in [-0.05, 0) is 51.5 Å². The van der Waals surface area contributed by atoms with Crippen LogP contribution in [0.25, 0.3) is 21.9 Å². The van der Waals surface area contributed by atoms with Crippen LogP contribution in [-0.4, -0.2) is 65.0 Å². The molecule has 1 fully saturated rings. The van der Waals surface area contributed by atoms with Gasteiger partial charge in [-0.25, -0.2) is 4.79 Å². The fourth-order valence-corrected chi connectivity index (χ4v) is 5.14. The van der Waals surface area contributed by atoms with Crippen molar-refractivity contribution in [1.29, 1.82) is 0 Å². The van der Waals surface area contributed by atoms with E-state index in [9.17, 15) is 19.8 Å². The smallest absolute Gasteiger partial charge is 0.360 e. The van der Waals surface area contributed by atoms with Gasteiger partial charge >= 0.3 is 5.63 Å². The monoisotopic (exact) mass is 566 g/mol. The summed E-state index contributed by atoms with van der Waals surface area (Å²) in [6.45, 7) is 7.42. The van der Waals surface area contributed by atoms with E-state index in [1.165, 1.54) is 13.2 Å². The van der Waals surface area contributed by atoms with Crippen LogP contribution < -0.4 is 20.4 Å². The van der Waals surface area contributed by atoms with Crippen molar-refractivity contribution in [3.63, 3.8) is 0 Å². The molecule has 0 radical (unpaired) electrons. The standard InChI is InChI=1S/C30H34N2O9/c1-6-11-38-21-14-17-13-20(32-27(35)19-12-16-9-7-8-10-18(16)31-19)28(36)39-24(17)15(2)25(21)40-29-23(34)22(33)26(37-5)30(3,4)41-29/h7-10,12-14,22-23,26,29,31,33-34H,6,11H2,1-5H3,(H,32,35). The molecule has 218 valence electrons. The SMILES string of the molecule is CCCOc1cc2cc(NC(=O)c3cc4ccccc4[nH]3)c(=O)oc2c(C)c1OC1OC(C)(C)C(OC)C(O)C1O. The highest BCUT2D eigenvalue weighted by molar-refractivity contribution is 6.06. The minimum atomic E-state index is -1.43. The fraction of sp³-hybridized carbons (Fsp3) is 0.400. The number of rotatable bonds is 8. The molecule has 1 aliphatic rings. The van der Waals surface area contributed by atoms with Crippen LogP contribution in [-0.2, 0) is 9.47 Å². The summed E-state index contributed by atoms with van der Waals surface area (Å²) in [6.07, 6.45) is -4.07. The van der Waals surface area contributed by atoms with Gasteiger partial charge in [-0.2, -0.15) is 0 Å². The third kappa shape index (κ3) is 5.41. The molecule has 4 aromatic rings. The number of benzene rings is 2. The summed E-state index contributed by atoms with van der Waals surface area (Å²) in [7, 11) is 1.43. The van der Waals surface area contributed by atoms with Crippen LogP contribution in [0.4, 0.5) is 5.69 Å². The van der Waals surface area contributed by atoms with Crippen molar-refractivity contribution >= 4 is 33.5 Å². The molecule has 11 nitrogen and oxygen atoms in total. The number of fused-ring (bicyclic) bond motifs is 2. The fourth-order valence-electron chi connectivity index (χ4n) is 5.14. The van der Waals surface area contributed by atoms with Gasteiger partial charge in [-0.3, -0.25) is 4.79 Å². The molecule has 4 N–H and O–H groups in total. The minimum Gasteiger partial charge on any atom is -0.490 e. The maximum Gasteiger partial charge on any atom is 0.360 e. The van der Waals surface area contributed by atoms with Crippen molar-refractivity contribution in [2.24, 2.45) is 0 Å². The molecule has 5 rings (SSSR count). The Morgan fingerprint density at radius 3 is 2.59 bits per heavy atom. The average Bonchev–Trinajstić information content (AvgIpc) is 3.38. The van der Waals surface area contributed by atoms with Gasteiger partial charge in [-0.1, -0.05) is 25.1 Å². The van der Waals surface area contributed by atoms with E-state index in [1.54, 1.807) is 32.9 Å². The lowest BCUT2D eigenvalue weighted by atomic mass is 9.89. The Kier molecular flexibility index (Phi) is 7.80. The van der Waals surface area contributed by atoms with Crippen molar-refractivity contribution in [3.05, 3.63) is 64.1 Å². The van der Waals surface area contributed by atoms with E-state index in [0.717, 1.165) is 10.9 Å². The van der Waals surface area contributed by atoms with Gasteiger partial charge in [-0.15, -0.1) is 0 Å². The van der Waals surface area contributed by atoms with Crippen LogP contribution in [0.1, 0.15) is 43.2 Å². The highest BCUT2D eigenvalue weighted by Gasteiger charge is 2.50. The first-order valence-electron chi connectivity index (χ1n) is 13.4. The quantitative estimate of drug-likeness (QED) is 0.233. The van der Waals surface area contributed by atoms with Crippen molar-refractivity contribution in [1.82, 2.24) is 4.98 Å². The summed E-state index contributed by atoms with van der Waals surface area (Å²) in [4.78, 5) is 28.9. The maximum atomic E-state index is 13.0. The summed E-state index contributed by atoms with van der Waals surface area (Å²) >= 11 is 0. The number of aryl methyl sites for hydroxylation is 1. The lowest BCUT2D eigenvalue weighted by molar-refractivity contribution is -0.306. The molecule has 4 unspecified atom stereocenters. The Morgan fingerprint density at radius 2 is 1.88 bits per heavy atom. The number of amides is 1. The number of ether oxygens (including phenoxy) is 4. The van der Waals surface area contributed by atoms with Crippen LogP contribution in [0, 0.1) is 6.92 Å². The number of aromatic nitrogens is 1. The van der Waals surface area contributed by atoms with Crippen molar-refractivity contribution in [3.8, 4) is 11.5 Å². The molecular formula is C30H34N2O9. The Bertz CT molecular complexity index is 1610. The second-order valence-electron chi connectivity index (χ2n) is 10.6. The summed E-state index contributed by atoms with van der Waals surface area (Å²) < 4.78 is 29.0. The van der Waals surface area contributed by atoms with Gasteiger partial charge in [0.25, 0.3) is 5.91 Å². The van der Waals surface area contributed by atoms with E-state index >= 15 is 0 Å². The molecule has 4 atom stereocenters. The summed E-state index contributed by atoms with van der Waals surface area (Å²) in [6, 6.07) is 12.3. The zero-order valence-corrected chi connectivity index (χ0v) is 23.5. The van der Waals surface area contributed by atoms with E-state index < -0.39 is 41.7 Å². The Morgan fingerprint density at radius 1 is 1.12 bits per heavy atom. The largest absolute Gasteiger partial charge is 0.490 e. The molecule has 1 saturated heterocycles. The van der Waals surface area contributed by atoms with Crippen molar-refractivity contribution < 1.29 is 38.4 Å². The highest BCUT2D eigenvalue weighted by atomic mass is 16.7. The maximum absolute atomic E-state index is 13.0. The van der Waals surface area contributed by atoms with Crippen LogP contribution in [0.5, 0.6) is 11.5 Å². The van der Waals surface area contributed by atoms with Crippen LogP contribution in [0.3, 0.4) is 0 Å². The van der Waals surface area contributed by atoms with Crippen molar-refractivity contribution in [2.45, 2.75) is 64.3 Å². The number of anilines is 1. The molecule has 0 aliphatic carbocycles. The second kappa shape index (κ2) is 11.2. The minimum absolute atomic E-state index is 0.0443. The highest BCUT2D eigenvalue weighted by Crippen LogP contribution is 2.41. The lowest BCUT2D eigenvalue weighted by Crippen LogP contribution is -2.63. The first kappa shape index (κ1) is 28.6. The van der Waals surface area contributed by atoms with Crippen LogP contribution in [0.2, 0.25) is 0 Å². The number of methoxy groups -OCH3 is 1. The van der Waals surface area contributed by atoms with E-state index in [-0.39, 0.29) is 17.0 Å². The van der Waals surface area contributed by atoms with Crippen LogP contribution in [0.15, 0.2) is 51.7 Å². The van der Waals surface area contributed by atoms with E-state index in [4.69, 9.17) is 23.4 Å². The number of hydrogen-bond acceptors (Lipinski definition) is 9. The number of hydrogen-bond donors (Lipinski definition) is 4. The van der Waals surface area contributed by atoms with Gasteiger partial charge in [0, 0.05) is 29.0 Å². The molecule has 2 aromatic carbocycles. The average molecular weight is 567 g/mol.